The molecule has 0 saturated heterocycles. The summed E-state index contributed by atoms with van der Waals surface area (Å²) in [6.07, 6.45) is -8.38. The zero-order valence-corrected chi connectivity index (χ0v) is 24.7. The average Bonchev–Trinajstić information content (AvgIpc) is 3.39. The normalized spacial score (nSPS) is 12.6. The van der Waals surface area contributed by atoms with Gasteiger partial charge in [0.15, 0.2) is 11.5 Å². The molecule has 0 bridgehead atoms. The number of amides is 1. The minimum atomic E-state index is -4.92. The van der Waals surface area contributed by atoms with Crippen LogP contribution in [-0.2, 0) is 36.6 Å². The molecule has 8 nitrogen and oxygen atoms in total. The van der Waals surface area contributed by atoms with E-state index in [2.05, 4.69) is 10.3 Å². The number of aromatic nitrogens is 2. The van der Waals surface area contributed by atoms with Gasteiger partial charge in [-0.05, 0) is 60.4 Å². The predicted molar refractivity (Wildman–Crippen MR) is 153 cm³/mol. The number of hydrogen-bond donors (Lipinski definition) is 1. The SMILES string of the molecule is CCOC(=O)c1c(-c2cccc(C(=O)NCc3ccc(C(F)(F)F)nc3)c2)c(C(F)(F)F)n2c1-c1cc(OC)c(OC)cc1CC2. The Bertz CT molecular complexity index is 1800. The van der Waals surface area contributed by atoms with Crippen LogP contribution in [0, 0.1) is 0 Å². The van der Waals surface area contributed by atoms with Crippen molar-refractivity contribution in [3.63, 3.8) is 0 Å². The Hall–Kier alpha value is -5.01. The maximum atomic E-state index is 14.9. The lowest BCUT2D eigenvalue weighted by Crippen LogP contribution is -2.23. The van der Waals surface area contributed by atoms with Crippen molar-refractivity contribution in [1.82, 2.24) is 14.9 Å². The topological polar surface area (TPSA) is 91.7 Å². The molecule has 4 aromatic rings. The van der Waals surface area contributed by atoms with Crippen molar-refractivity contribution < 1.29 is 50.1 Å². The Morgan fingerprint density at radius 3 is 2.28 bits per heavy atom. The third-order valence-corrected chi connectivity index (χ3v) is 7.46. The molecule has 5 rings (SSSR count). The van der Waals surface area contributed by atoms with Gasteiger partial charge in [-0.15, -0.1) is 0 Å². The minimum Gasteiger partial charge on any atom is -0.493 e. The third kappa shape index (κ3) is 6.11. The molecule has 0 fully saturated rings. The largest absolute Gasteiger partial charge is 0.493 e. The molecule has 14 heteroatoms. The molecule has 2 aromatic heterocycles. The number of pyridine rings is 1. The van der Waals surface area contributed by atoms with Gasteiger partial charge in [0.05, 0.1) is 32.1 Å². The second-order valence-corrected chi connectivity index (χ2v) is 10.2. The number of fused-ring (bicyclic) bond motifs is 3. The molecule has 3 heterocycles. The predicted octanol–water partition coefficient (Wildman–Crippen LogP) is 6.93. The number of rotatable bonds is 8. The van der Waals surface area contributed by atoms with Gasteiger partial charge in [0.1, 0.15) is 11.4 Å². The number of methoxy groups -OCH3 is 2. The van der Waals surface area contributed by atoms with Gasteiger partial charge >= 0.3 is 18.3 Å². The van der Waals surface area contributed by atoms with E-state index in [1.165, 1.54) is 51.5 Å². The van der Waals surface area contributed by atoms with Crippen molar-refractivity contribution >= 4 is 11.9 Å². The molecule has 1 amide bonds. The van der Waals surface area contributed by atoms with Crippen LogP contribution >= 0.6 is 0 Å². The maximum Gasteiger partial charge on any atom is 0.433 e. The molecule has 0 radical (unpaired) electrons. The molecular weight excluding hydrogens is 620 g/mol. The van der Waals surface area contributed by atoms with Crippen LogP contribution in [0.3, 0.4) is 0 Å². The molecule has 242 valence electrons. The van der Waals surface area contributed by atoms with Gasteiger partial charge < -0.3 is 24.1 Å². The second kappa shape index (κ2) is 12.4. The van der Waals surface area contributed by atoms with Crippen LogP contribution < -0.4 is 14.8 Å². The summed E-state index contributed by atoms with van der Waals surface area (Å²) in [5.41, 5.74) is -1.83. The lowest BCUT2D eigenvalue weighted by atomic mass is 9.93. The monoisotopic (exact) mass is 647 g/mol. The highest BCUT2D eigenvalue weighted by molar-refractivity contribution is 6.06. The molecule has 0 atom stereocenters. The van der Waals surface area contributed by atoms with Gasteiger partial charge in [-0.3, -0.25) is 9.78 Å². The van der Waals surface area contributed by atoms with Gasteiger partial charge in [0, 0.05) is 36.0 Å². The van der Waals surface area contributed by atoms with E-state index in [-0.39, 0.29) is 59.8 Å². The fourth-order valence-electron chi connectivity index (χ4n) is 5.48. The van der Waals surface area contributed by atoms with Crippen LogP contribution in [0.2, 0.25) is 0 Å². The first-order valence-electron chi connectivity index (χ1n) is 13.9. The first kappa shape index (κ1) is 32.4. The summed E-state index contributed by atoms with van der Waals surface area (Å²) in [6.45, 7) is 1.12. The number of alkyl halides is 6. The van der Waals surface area contributed by atoms with Gasteiger partial charge in [-0.1, -0.05) is 18.2 Å². The van der Waals surface area contributed by atoms with E-state index in [9.17, 15) is 35.9 Å². The van der Waals surface area contributed by atoms with E-state index in [0.717, 1.165) is 22.9 Å². The van der Waals surface area contributed by atoms with E-state index in [1.807, 2.05) is 0 Å². The summed E-state index contributed by atoms with van der Waals surface area (Å²) in [6, 6.07) is 10.4. The molecule has 0 unspecified atom stereocenters. The van der Waals surface area contributed by atoms with Gasteiger partial charge in [-0.2, -0.15) is 26.3 Å². The van der Waals surface area contributed by atoms with E-state index >= 15 is 0 Å². The summed E-state index contributed by atoms with van der Waals surface area (Å²) < 4.78 is 100. The van der Waals surface area contributed by atoms with E-state index < -0.39 is 41.2 Å². The van der Waals surface area contributed by atoms with E-state index in [1.54, 1.807) is 6.07 Å². The van der Waals surface area contributed by atoms with Crippen molar-refractivity contribution in [3.8, 4) is 33.9 Å². The molecule has 0 saturated carbocycles. The van der Waals surface area contributed by atoms with Crippen molar-refractivity contribution in [2.45, 2.75) is 38.8 Å². The van der Waals surface area contributed by atoms with Crippen LogP contribution in [0.15, 0.2) is 54.7 Å². The van der Waals surface area contributed by atoms with Gasteiger partial charge in [-0.25, -0.2) is 4.79 Å². The highest BCUT2D eigenvalue weighted by atomic mass is 19.4. The highest BCUT2D eigenvalue weighted by Crippen LogP contribution is 2.49. The minimum absolute atomic E-state index is 0.00682. The number of ether oxygens (including phenoxy) is 3. The summed E-state index contributed by atoms with van der Waals surface area (Å²) in [4.78, 5) is 29.9. The number of nitrogens with one attached hydrogen (secondary N) is 1. The number of aryl methyl sites for hydroxylation is 1. The molecule has 46 heavy (non-hydrogen) atoms. The summed E-state index contributed by atoms with van der Waals surface area (Å²) >= 11 is 0. The molecule has 1 aliphatic heterocycles. The smallest absolute Gasteiger partial charge is 0.433 e. The molecule has 1 N–H and O–H groups in total. The molecule has 0 aliphatic carbocycles. The van der Waals surface area contributed by atoms with Crippen LogP contribution in [0.1, 0.15) is 50.2 Å². The first-order valence-corrected chi connectivity index (χ1v) is 13.9. The summed E-state index contributed by atoms with van der Waals surface area (Å²) in [5, 5.41) is 2.54. The Morgan fingerprint density at radius 2 is 1.67 bits per heavy atom. The lowest BCUT2D eigenvalue weighted by Gasteiger charge is -2.24. The number of halogens is 6. The zero-order valence-electron chi connectivity index (χ0n) is 24.7. The van der Waals surface area contributed by atoms with Crippen LogP contribution in [0.25, 0.3) is 22.4 Å². The number of carbonyl (C=O) groups excluding carboxylic acids is 2. The Balaban J connectivity index is 1.61. The molecule has 1 aliphatic rings. The average molecular weight is 648 g/mol. The number of benzene rings is 2. The number of esters is 1. The molecular formula is C32H27F6N3O5. The van der Waals surface area contributed by atoms with Crippen LogP contribution in [0.4, 0.5) is 26.3 Å². The zero-order chi connectivity index (χ0) is 33.4. The first-order chi connectivity index (χ1) is 21.8. The molecule has 2 aromatic carbocycles. The fourth-order valence-corrected chi connectivity index (χ4v) is 5.48. The number of hydrogen-bond acceptors (Lipinski definition) is 6. The Labute approximate surface area is 258 Å². The van der Waals surface area contributed by atoms with Crippen molar-refractivity contribution in [1.29, 1.82) is 0 Å². The van der Waals surface area contributed by atoms with E-state index in [0.29, 0.717) is 16.9 Å². The van der Waals surface area contributed by atoms with Crippen molar-refractivity contribution in [2.24, 2.45) is 0 Å². The second-order valence-electron chi connectivity index (χ2n) is 10.2. The molecule has 0 spiro atoms. The van der Waals surface area contributed by atoms with E-state index in [4.69, 9.17) is 14.2 Å². The van der Waals surface area contributed by atoms with Gasteiger partial charge in [0.2, 0.25) is 0 Å². The quantitative estimate of drug-likeness (QED) is 0.165. The Kier molecular flexibility index (Phi) is 8.74. The summed E-state index contributed by atoms with van der Waals surface area (Å²) in [7, 11) is 2.82. The standard InChI is InChI=1S/C32H27F6N3O5/c1-4-46-30(43)26-25(19-6-5-7-20(12-19)29(42)40-16-17-8-9-24(39-15-17)31(33,34)35)28(32(36,37)38)41-11-10-18-13-22(44-2)23(45-3)14-21(18)27(26)41/h5-9,12-15H,4,10-11,16H2,1-3H3,(H,40,42). The van der Waals surface area contributed by atoms with Crippen LogP contribution in [0.5, 0.6) is 11.5 Å². The fraction of sp³-hybridized carbons (Fsp3) is 0.281. The number of carbonyl (C=O) groups is 2. The summed E-state index contributed by atoms with van der Waals surface area (Å²) in [5.74, 6) is -1.06. The van der Waals surface area contributed by atoms with Gasteiger partial charge in [0.25, 0.3) is 5.91 Å². The van der Waals surface area contributed by atoms with Crippen molar-refractivity contribution in [2.75, 3.05) is 20.8 Å². The highest BCUT2D eigenvalue weighted by Gasteiger charge is 2.44. The third-order valence-electron chi connectivity index (χ3n) is 7.46. The Morgan fingerprint density at radius 1 is 0.957 bits per heavy atom. The lowest BCUT2D eigenvalue weighted by molar-refractivity contribution is -0.143. The van der Waals surface area contributed by atoms with Crippen LogP contribution in [-0.4, -0.2) is 42.3 Å². The van der Waals surface area contributed by atoms with Crippen molar-refractivity contribution in [3.05, 3.63) is 88.4 Å². The number of nitrogens with zero attached hydrogens (tertiary/aromatic N) is 2. The maximum absolute atomic E-state index is 14.9.